The van der Waals surface area contributed by atoms with E-state index in [1.54, 1.807) is 0 Å². The highest BCUT2D eigenvalue weighted by Crippen LogP contribution is 2.21. The van der Waals surface area contributed by atoms with Gasteiger partial charge in [-0.2, -0.15) is 0 Å². The van der Waals surface area contributed by atoms with Crippen LogP contribution in [0.15, 0.2) is 5.38 Å². The van der Waals surface area contributed by atoms with Crippen molar-refractivity contribution in [2.75, 3.05) is 0 Å². The number of hydrogen-bond donors (Lipinski definition) is 1. The van der Waals surface area contributed by atoms with E-state index in [-0.39, 0.29) is 18.5 Å². The van der Waals surface area contributed by atoms with E-state index in [4.69, 9.17) is 5.11 Å². The number of aliphatic carboxylic acids is 1. The van der Waals surface area contributed by atoms with E-state index in [0.29, 0.717) is 5.01 Å². The molecule has 0 saturated heterocycles. The molecule has 0 aliphatic heterocycles. The number of carboxylic acid groups (broad SMARTS) is 1. The van der Waals surface area contributed by atoms with Gasteiger partial charge in [0.2, 0.25) is 0 Å². The third kappa shape index (κ3) is 3.06. The van der Waals surface area contributed by atoms with Crippen molar-refractivity contribution >= 4 is 17.3 Å². The number of carboxylic acids is 1. The Kier molecular flexibility index (Phi) is 3.30. The van der Waals surface area contributed by atoms with E-state index in [2.05, 4.69) is 4.98 Å². The zero-order valence-electron chi connectivity index (χ0n) is 6.54. The monoisotopic (exact) mass is 207 g/mol. The fourth-order valence-corrected chi connectivity index (χ4v) is 1.54. The lowest BCUT2D eigenvalue weighted by Gasteiger charge is -1.91. The van der Waals surface area contributed by atoms with Gasteiger partial charge in [-0.1, -0.05) is 0 Å². The van der Waals surface area contributed by atoms with Crippen LogP contribution in [0.25, 0.3) is 0 Å². The molecule has 1 rings (SSSR count). The molecule has 1 heterocycles. The van der Waals surface area contributed by atoms with Crippen molar-refractivity contribution in [3.8, 4) is 0 Å². The number of carbonyl (C=O) groups is 1. The van der Waals surface area contributed by atoms with E-state index < -0.39 is 12.4 Å². The van der Waals surface area contributed by atoms with Crippen molar-refractivity contribution in [3.05, 3.63) is 16.1 Å². The van der Waals surface area contributed by atoms with E-state index in [9.17, 15) is 13.6 Å². The van der Waals surface area contributed by atoms with Crippen LogP contribution in [-0.4, -0.2) is 16.1 Å². The summed E-state index contributed by atoms with van der Waals surface area (Å²) in [7, 11) is 0. The summed E-state index contributed by atoms with van der Waals surface area (Å²) >= 11 is 1.07. The zero-order valence-corrected chi connectivity index (χ0v) is 7.35. The van der Waals surface area contributed by atoms with Crippen molar-refractivity contribution < 1.29 is 18.7 Å². The Morgan fingerprint density at radius 1 is 1.69 bits per heavy atom. The number of rotatable bonds is 4. The molecule has 6 heteroatoms. The SMILES string of the molecule is O=C(O)CCc1nc(C(F)F)cs1. The fourth-order valence-electron chi connectivity index (χ4n) is 0.754. The van der Waals surface area contributed by atoms with Crippen LogP contribution >= 0.6 is 11.3 Å². The van der Waals surface area contributed by atoms with Crippen LogP contribution < -0.4 is 0 Å². The van der Waals surface area contributed by atoms with Gasteiger partial charge in [-0.15, -0.1) is 11.3 Å². The summed E-state index contributed by atoms with van der Waals surface area (Å²) in [6.45, 7) is 0. The molecule has 0 amide bonds. The van der Waals surface area contributed by atoms with Crippen molar-refractivity contribution in [2.45, 2.75) is 19.3 Å². The number of hydrogen-bond acceptors (Lipinski definition) is 3. The lowest BCUT2D eigenvalue weighted by molar-refractivity contribution is -0.136. The molecule has 0 unspecified atom stereocenters. The smallest absolute Gasteiger partial charge is 0.303 e. The van der Waals surface area contributed by atoms with Gasteiger partial charge in [-0.25, -0.2) is 13.8 Å². The van der Waals surface area contributed by atoms with Gasteiger partial charge in [0.05, 0.1) is 11.4 Å². The number of thiazole rings is 1. The van der Waals surface area contributed by atoms with Gasteiger partial charge in [0.15, 0.2) is 0 Å². The molecule has 0 atom stereocenters. The van der Waals surface area contributed by atoms with Gasteiger partial charge >= 0.3 is 5.97 Å². The minimum atomic E-state index is -2.57. The van der Waals surface area contributed by atoms with Crippen LogP contribution in [0.3, 0.4) is 0 Å². The van der Waals surface area contributed by atoms with Crippen LogP contribution in [0.4, 0.5) is 8.78 Å². The normalized spacial score (nSPS) is 10.7. The number of aryl methyl sites for hydroxylation is 1. The maximum atomic E-state index is 12.0. The number of alkyl halides is 2. The van der Waals surface area contributed by atoms with Gasteiger partial charge in [-0.3, -0.25) is 4.79 Å². The molecule has 72 valence electrons. The first-order valence-electron chi connectivity index (χ1n) is 3.54. The number of aromatic nitrogens is 1. The Hall–Kier alpha value is -1.04. The Morgan fingerprint density at radius 3 is 2.85 bits per heavy atom. The lowest BCUT2D eigenvalue weighted by atomic mass is 10.3. The molecule has 1 aromatic heterocycles. The summed E-state index contributed by atoms with van der Waals surface area (Å²) < 4.78 is 24.0. The number of nitrogens with zero attached hydrogens (tertiary/aromatic N) is 1. The maximum absolute atomic E-state index is 12.0. The van der Waals surface area contributed by atoms with E-state index >= 15 is 0 Å². The van der Waals surface area contributed by atoms with Crippen LogP contribution in [0.2, 0.25) is 0 Å². The molecule has 1 aromatic rings. The third-order valence-electron chi connectivity index (χ3n) is 1.35. The first kappa shape index (κ1) is 10.0. The second-order valence-electron chi connectivity index (χ2n) is 2.36. The van der Waals surface area contributed by atoms with Crippen molar-refractivity contribution in [2.24, 2.45) is 0 Å². The second kappa shape index (κ2) is 4.27. The molecule has 0 aromatic carbocycles. The lowest BCUT2D eigenvalue weighted by Crippen LogP contribution is -1.97. The van der Waals surface area contributed by atoms with E-state index in [1.807, 2.05) is 0 Å². The minimum Gasteiger partial charge on any atom is -0.481 e. The summed E-state index contributed by atoms with van der Waals surface area (Å²) in [5.74, 6) is -0.950. The molecule has 13 heavy (non-hydrogen) atoms. The third-order valence-corrected chi connectivity index (χ3v) is 2.27. The average Bonchev–Trinajstić information content (AvgIpc) is 2.48. The zero-order chi connectivity index (χ0) is 9.84. The molecule has 0 spiro atoms. The average molecular weight is 207 g/mol. The highest BCUT2D eigenvalue weighted by atomic mass is 32.1. The van der Waals surface area contributed by atoms with Crippen LogP contribution in [0, 0.1) is 0 Å². The predicted molar refractivity (Wildman–Crippen MR) is 43.0 cm³/mol. The molecular weight excluding hydrogens is 200 g/mol. The molecule has 0 fully saturated rings. The highest BCUT2D eigenvalue weighted by Gasteiger charge is 2.11. The molecule has 3 nitrogen and oxygen atoms in total. The van der Waals surface area contributed by atoms with Crippen LogP contribution in [0.5, 0.6) is 0 Å². The van der Waals surface area contributed by atoms with Gasteiger partial charge < -0.3 is 5.11 Å². The predicted octanol–water partition coefficient (Wildman–Crippen LogP) is 2.10. The van der Waals surface area contributed by atoms with Gasteiger partial charge in [0.1, 0.15) is 5.69 Å². The van der Waals surface area contributed by atoms with E-state index in [1.165, 1.54) is 5.38 Å². The van der Waals surface area contributed by atoms with Gasteiger partial charge in [0, 0.05) is 11.8 Å². The molecule has 1 N–H and O–H groups in total. The van der Waals surface area contributed by atoms with Gasteiger partial charge in [0.25, 0.3) is 6.43 Å². The summed E-state index contributed by atoms with van der Waals surface area (Å²) in [6, 6.07) is 0. The molecule has 0 saturated carbocycles. The quantitative estimate of drug-likeness (QED) is 0.822. The molecular formula is C7H7F2NO2S. The summed E-state index contributed by atoms with van der Waals surface area (Å²) in [6.07, 6.45) is -2.43. The first-order valence-corrected chi connectivity index (χ1v) is 4.42. The largest absolute Gasteiger partial charge is 0.481 e. The second-order valence-corrected chi connectivity index (χ2v) is 3.30. The maximum Gasteiger partial charge on any atom is 0.303 e. The molecule has 0 aliphatic carbocycles. The number of halogens is 2. The van der Waals surface area contributed by atoms with Gasteiger partial charge in [-0.05, 0) is 0 Å². The summed E-state index contributed by atoms with van der Waals surface area (Å²) in [4.78, 5) is 13.7. The van der Waals surface area contributed by atoms with Crippen molar-refractivity contribution in [3.63, 3.8) is 0 Å². The molecule has 0 aliphatic rings. The standard InChI is InChI=1S/C7H7F2NO2S/c8-7(9)4-3-13-5(10-4)1-2-6(11)12/h3,7H,1-2H2,(H,11,12). The molecule has 0 radical (unpaired) electrons. The Bertz CT molecular complexity index is 300. The highest BCUT2D eigenvalue weighted by molar-refractivity contribution is 7.09. The van der Waals surface area contributed by atoms with Crippen molar-refractivity contribution in [1.82, 2.24) is 4.98 Å². The Morgan fingerprint density at radius 2 is 2.38 bits per heavy atom. The Balaban J connectivity index is 2.54. The fraction of sp³-hybridized carbons (Fsp3) is 0.429. The van der Waals surface area contributed by atoms with Crippen molar-refractivity contribution in [1.29, 1.82) is 0 Å². The van der Waals surface area contributed by atoms with E-state index in [0.717, 1.165) is 11.3 Å². The summed E-state index contributed by atoms with van der Waals surface area (Å²) in [5, 5.41) is 10.0. The topological polar surface area (TPSA) is 50.2 Å². The minimum absolute atomic E-state index is 0.0732. The summed E-state index contributed by atoms with van der Waals surface area (Å²) in [5.41, 5.74) is -0.273. The molecule has 0 bridgehead atoms. The first-order chi connectivity index (χ1) is 6.09. The van der Waals surface area contributed by atoms with Crippen LogP contribution in [-0.2, 0) is 11.2 Å². The van der Waals surface area contributed by atoms with Crippen LogP contribution in [0.1, 0.15) is 23.5 Å². The Labute approximate surface area is 77.0 Å².